The van der Waals surface area contributed by atoms with Crippen LogP contribution >= 0.6 is 11.8 Å². The summed E-state index contributed by atoms with van der Waals surface area (Å²) in [6, 6.07) is 7.95. The second-order valence-electron chi connectivity index (χ2n) is 5.63. The van der Waals surface area contributed by atoms with E-state index >= 15 is 0 Å². The van der Waals surface area contributed by atoms with Gasteiger partial charge in [-0.1, -0.05) is 18.2 Å². The first-order chi connectivity index (χ1) is 10.3. The molecule has 4 nitrogen and oxygen atoms in total. The summed E-state index contributed by atoms with van der Waals surface area (Å²) in [5, 5.41) is 3.33. The lowest BCUT2D eigenvalue weighted by molar-refractivity contribution is -0.128. The number of carbonyl (C=O) groups excluding carboxylic acids is 1. The third-order valence-corrected chi connectivity index (χ3v) is 5.36. The molecule has 2 aliphatic rings. The average molecular weight is 306 g/mol. The number of carbonyl (C=O) groups is 1. The van der Waals surface area contributed by atoms with Gasteiger partial charge in [0, 0.05) is 12.1 Å². The topological polar surface area (TPSA) is 41.6 Å². The molecule has 1 atom stereocenters. The van der Waals surface area contributed by atoms with Crippen molar-refractivity contribution in [2.24, 2.45) is 5.92 Å². The number of benzene rings is 1. The third-order valence-electron chi connectivity index (χ3n) is 4.31. The van der Waals surface area contributed by atoms with Crippen LogP contribution in [0.5, 0.6) is 5.75 Å². The number of hydrogen-bond acceptors (Lipinski definition) is 4. The normalized spacial score (nSPS) is 23.6. The quantitative estimate of drug-likeness (QED) is 0.926. The monoisotopic (exact) mass is 306 g/mol. The van der Waals surface area contributed by atoms with Gasteiger partial charge < -0.3 is 9.64 Å². The average Bonchev–Trinajstić information content (AvgIpc) is 2.89. The van der Waals surface area contributed by atoms with E-state index in [0.29, 0.717) is 12.5 Å². The second-order valence-corrected chi connectivity index (χ2v) is 6.85. The van der Waals surface area contributed by atoms with Crippen LogP contribution in [0.4, 0.5) is 0 Å². The van der Waals surface area contributed by atoms with E-state index in [1.807, 2.05) is 40.9 Å². The van der Waals surface area contributed by atoms with E-state index < -0.39 is 0 Å². The zero-order valence-electron chi connectivity index (χ0n) is 12.4. The highest BCUT2D eigenvalue weighted by molar-refractivity contribution is 7.99. The molecule has 2 heterocycles. The number of methoxy groups -OCH3 is 1. The molecular weight excluding hydrogens is 284 g/mol. The number of hydrogen-bond donors (Lipinski definition) is 1. The highest BCUT2D eigenvalue weighted by atomic mass is 32.2. The molecule has 0 spiro atoms. The molecule has 1 aromatic rings. The van der Waals surface area contributed by atoms with E-state index in [9.17, 15) is 4.79 Å². The van der Waals surface area contributed by atoms with E-state index in [4.69, 9.17) is 4.74 Å². The molecule has 1 aromatic carbocycles. The van der Waals surface area contributed by atoms with Gasteiger partial charge in [0.05, 0.1) is 13.7 Å². The van der Waals surface area contributed by atoms with E-state index in [1.54, 1.807) is 7.11 Å². The van der Waals surface area contributed by atoms with Gasteiger partial charge in [-0.15, -0.1) is 0 Å². The van der Waals surface area contributed by atoms with Crippen LogP contribution in [0.15, 0.2) is 24.3 Å². The van der Waals surface area contributed by atoms with Crippen molar-refractivity contribution in [1.29, 1.82) is 0 Å². The van der Waals surface area contributed by atoms with Crippen molar-refractivity contribution in [3.63, 3.8) is 0 Å². The molecule has 2 saturated heterocycles. The number of amides is 1. The smallest absolute Gasteiger partial charge is 0.238 e. The first-order valence-electron chi connectivity index (χ1n) is 7.53. The molecule has 0 aliphatic carbocycles. The Bertz CT molecular complexity index is 503. The molecule has 3 rings (SSSR count). The molecule has 21 heavy (non-hydrogen) atoms. The molecule has 1 unspecified atom stereocenters. The fourth-order valence-electron chi connectivity index (χ4n) is 3.12. The number of nitrogens with one attached hydrogen (secondary N) is 1. The SMILES string of the molecule is COc1ccccc1C1NCC(=O)N1CC1CCSCC1. The lowest BCUT2D eigenvalue weighted by Crippen LogP contribution is -2.36. The minimum absolute atomic E-state index is 0.0526. The van der Waals surface area contributed by atoms with Crippen LogP contribution < -0.4 is 10.1 Å². The molecule has 0 aromatic heterocycles. The lowest BCUT2D eigenvalue weighted by Gasteiger charge is -2.31. The van der Waals surface area contributed by atoms with Crippen LogP contribution in [-0.4, -0.2) is 42.5 Å². The van der Waals surface area contributed by atoms with Gasteiger partial charge >= 0.3 is 0 Å². The molecule has 0 radical (unpaired) electrons. The number of rotatable bonds is 4. The largest absolute Gasteiger partial charge is 0.496 e. The summed E-state index contributed by atoms with van der Waals surface area (Å²) in [6.45, 7) is 1.28. The van der Waals surface area contributed by atoms with Crippen LogP contribution in [0.25, 0.3) is 0 Å². The van der Waals surface area contributed by atoms with Gasteiger partial charge in [-0.05, 0) is 36.3 Å². The van der Waals surface area contributed by atoms with Gasteiger partial charge in [-0.2, -0.15) is 11.8 Å². The Labute approximate surface area is 130 Å². The first kappa shape index (κ1) is 14.7. The summed E-state index contributed by atoms with van der Waals surface area (Å²) >= 11 is 2.02. The predicted molar refractivity (Wildman–Crippen MR) is 85.5 cm³/mol. The summed E-state index contributed by atoms with van der Waals surface area (Å²) in [7, 11) is 1.68. The number of para-hydroxylation sites is 1. The maximum Gasteiger partial charge on any atom is 0.238 e. The zero-order chi connectivity index (χ0) is 14.7. The predicted octanol–water partition coefficient (Wildman–Crippen LogP) is 2.27. The van der Waals surface area contributed by atoms with Crippen molar-refractivity contribution in [2.45, 2.75) is 19.0 Å². The van der Waals surface area contributed by atoms with Crippen LogP contribution in [0.1, 0.15) is 24.6 Å². The fraction of sp³-hybridized carbons (Fsp3) is 0.562. The Balaban J connectivity index is 1.78. The van der Waals surface area contributed by atoms with Crippen LogP contribution in [0.2, 0.25) is 0 Å². The molecule has 1 amide bonds. The van der Waals surface area contributed by atoms with Crippen LogP contribution in [0, 0.1) is 5.92 Å². The summed E-state index contributed by atoms with van der Waals surface area (Å²) in [6.07, 6.45) is 2.38. The first-order valence-corrected chi connectivity index (χ1v) is 8.68. The Morgan fingerprint density at radius 3 is 2.86 bits per heavy atom. The van der Waals surface area contributed by atoms with E-state index in [-0.39, 0.29) is 12.1 Å². The molecule has 2 fully saturated rings. The number of nitrogens with zero attached hydrogens (tertiary/aromatic N) is 1. The lowest BCUT2D eigenvalue weighted by atomic mass is 10.0. The summed E-state index contributed by atoms with van der Waals surface area (Å²) < 4.78 is 5.45. The maximum absolute atomic E-state index is 12.2. The van der Waals surface area contributed by atoms with Crippen LogP contribution in [0.3, 0.4) is 0 Å². The van der Waals surface area contributed by atoms with E-state index in [0.717, 1.165) is 17.9 Å². The minimum Gasteiger partial charge on any atom is -0.496 e. The maximum atomic E-state index is 12.2. The minimum atomic E-state index is -0.0526. The fourth-order valence-corrected chi connectivity index (χ4v) is 4.33. The highest BCUT2D eigenvalue weighted by Crippen LogP contribution is 2.32. The highest BCUT2D eigenvalue weighted by Gasteiger charge is 2.34. The van der Waals surface area contributed by atoms with Gasteiger partial charge in [-0.3, -0.25) is 10.1 Å². The van der Waals surface area contributed by atoms with Gasteiger partial charge in [0.15, 0.2) is 0 Å². The molecular formula is C16H22N2O2S. The van der Waals surface area contributed by atoms with Gasteiger partial charge in [0.2, 0.25) is 5.91 Å². The Morgan fingerprint density at radius 1 is 1.33 bits per heavy atom. The molecule has 5 heteroatoms. The molecule has 2 aliphatic heterocycles. The molecule has 1 N–H and O–H groups in total. The Kier molecular flexibility index (Phi) is 4.70. The molecule has 0 saturated carbocycles. The van der Waals surface area contributed by atoms with E-state index in [2.05, 4.69) is 5.32 Å². The van der Waals surface area contributed by atoms with Crippen molar-refractivity contribution in [1.82, 2.24) is 10.2 Å². The Morgan fingerprint density at radius 2 is 2.10 bits per heavy atom. The van der Waals surface area contributed by atoms with Crippen molar-refractivity contribution >= 4 is 17.7 Å². The summed E-state index contributed by atoms with van der Waals surface area (Å²) in [4.78, 5) is 14.2. The molecule has 0 bridgehead atoms. The summed E-state index contributed by atoms with van der Waals surface area (Å²) in [5.41, 5.74) is 1.05. The van der Waals surface area contributed by atoms with E-state index in [1.165, 1.54) is 24.3 Å². The number of ether oxygens (including phenoxy) is 1. The number of thioether (sulfide) groups is 1. The van der Waals surface area contributed by atoms with Crippen molar-refractivity contribution < 1.29 is 9.53 Å². The van der Waals surface area contributed by atoms with Crippen LogP contribution in [-0.2, 0) is 4.79 Å². The molecule has 114 valence electrons. The standard InChI is InChI=1S/C16H22N2O2S/c1-20-14-5-3-2-4-13(14)16-17-10-15(19)18(16)11-12-6-8-21-9-7-12/h2-5,12,16-17H,6-11H2,1H3. The van der Waals surface area contributed by atoms with Gasteiger partial charge in [0.1, 0.15) is 11.9 Å². The van der Waals surface area contributed by atoms with Crippen molar-refractivity contribution in [2.75, 3.05) is 31.7 Å². The third kappa shape index (κ3) is 3.19. The zero-order valence-corrected chi connectivity index (χ0v) is 13.2. The Hall–Kier alpha value is -1.20. The second kappa shape index (κ2) is 6.71. The van der Waals surface area contributed by atoms with Crippen molar-refractivity contribution in [3.8, 4) is 5.75 Å². The van der Waals surface area contributed by atoms with Crippen molar-refractivity contribution in [3.05, 3.63) is 29.8 Å². The summed E-state index contributed by atoms with van der Waals surface area (Å²) in [5.74, 6) is 4.11. The van der Waals surface area contributed by atoms with Gasteiger partial charge in [0.25, 0.3) is 0 Å². The van der Waals surface area contributed by atoms with Gasteiger partial charge in [-0.25, -0.2) is 0 Å².